The molecule has 15 heavy (non-hydrogen) atoms. The van der Waals surface area contributed by atoms with E-state index in [9.17, 15) is 0 Å². The Hall–Kier alpha value is -1.77. The van der Waals surface area contributed by atoms with Gasteiger partial charge in [-0.05, 0) is 42.7 Å². The van der Waals surface area contributed by atoms with Crippen LogP contribution in [0.4, 0.5) is 11.5 Å². The van der Waals surface area contributed by atoms with Gasteiger partial charge in [-0.3, -0.25) is 0 Å². The SMILES string of the molecule is CCc1c(C)c(N)nc2ccc(N)cc12. The minimum Gasteiger partial charge on any atom is -0.399 e. The first-order chi connectivity index (χ1) is 7.13. The molecular weight excluding hydrogens is 186 g/mol. The molecule has 0 aliphatic heterocycles. The summed E-state index contributed by atoms with van der Waals surface area (Å²) in [5, 5.41) is 1.12. The molecule has 0 amide bonds. The van der Waals surface area contributed by atoms with Gasteiger partial charge in [-0.15, -0.1) is 0 Å². The molecule has 1 aromatic heterocycles. The van der Waals surface area contributed by atoms with Crippen molar-refractivity contribution in [3.63, 3.8) is 0 Å². The highest BCUT2D eigenvalue weighted by Crippen LogP contribution is 2.26. The molecule has 0 atom stereocenters. The Kier molecular flexibility index (Phi) is 2.23. The highest BCUT2D eigenvalue weighted by atomic mass is 14.8. The number of fused-ring (bicyclic) bond motifs is 1. The molecule has 0 unspecified atom stereocenters. The fourth-order valence-corrected chi connectivity index (χ4v) is 1.92. The number of aryl methyl sites for hydroxylation is 1. The topological polar surface area (TPSA) is 64.9 Å². The van der Waals surface area contributed by atoms with Crippen LogP contribution in [-0.4, -0.2) is 4.98 Å². The predicted molar refractivity (Wildman–Crippen MR) is 64.7 cm³/mol. The van der Waals surface area contributed by atoms with Gasteiger partial charge in [0, 0.05) is 11.1 Å². The summed E-state index contributed by atoms with van der Waals surface area (Å²) in [6.07, 6.45) is 0.943. The molecular formula is C12H15N3. The van der Waals surface area contributed by atoms with Crippen molar-refractivity contribution in [3.05, 3.63) is 29.3 Å². The lowest BCUT2D eigenvalue weighted by Crippen LogP contribution is -2.00. The largest absolute Gasteiger partial charge is 0.399 e. The van der Waals surface area contributed by atoms with E-state index in [1.54, 1.807) is 0 Å². The molecule has 2 rings (SSSR count). The van der Waals surface area contributed by atoms with Gasteiger partial charge in [-0.1, -0.05) is 6.92 Å². The Morgan fingerprint density at radius 3 is 2.67 bits per heavy atom. The molecule has 4 N–H and O–H groups in total. The Morgan fingerprint density at radius 1 is 1.27 bits per heavy atom. The van der Waals surface area contributed by atoms with E-state index in [2.05, 4.69) is 11.9 Å². The van der Waals surface area contributed by atoms with Crippen molar-refractivity contribution in [3.8, 4) is 0 Å². The second-order valence-electron chi connectivity index (χ2n) is 3.73. The Morgan fingerprint density at radius 2 is 2.00 bits per heavy atom. The van der Waals surface area contributed by atoms with E-state index in [0.29, 0.717) is 5.82 Å². The second-order valence-corrected chi connectivity index (χ2v) is 3.73. The number of anilines is 2. The van der Waals surface area contributed by atoms with Crippen LogP contribution in [0.5, 0.6) is 0 Å². The van der Waals surface area contributed by atoms with E-state index < -0.39 is 0 Å². The molecule has 0 bridgehead atoms. The van der Waals surface area contributed by atoms with Gasteiger partial charge < -0.3 is 11.5 Å². The van der Waals surface area contributed by atoms with Gasteiger partial charge in [-0.25, -0.2) is 4.98 Å². The van der Waals surface area contributed by atoms with Crippen molar-refractivity contribution < 1.29 is 0 Å². The van der Waals surface area contributed by atoms with Gasteiger partial charge in [-0.2, -0.15) is 0 Å². The quantitative estimate of drug-likeness (QED) is 0.695. The Labute approximate surface area is 89.1 Å². The summed E-state index contributed by atoms with van der Waals surface area (Å²) < 4.78 is 0. The lowest BCUT2D eigenvalue weighted by Gasteiger charge is -2.10. The van der Waals surface area contributed by atoms with Crippen molar-refractivity contribution in [2.24, 2.45) is 0 Å². The molecule has 1 aromatic carbocycles. The maximum atomic E-state index is 5.86. The number of hydrogen-bond donors (Lipinski definition) is 2. The van der Waals surface area contributed by atoms with E-state index in [0.717, 1.165) is 28.6 Å². The smallest absolute Gasteiger partial charge is 0.127 e. The minimum atomic E-state index is 0.615. The zero-order valence-electron chi connectivity index (χ0n) is 9.04. The number of nitrogen functional groups attached to an aromatic ring is 2. The van der Waals surface area contributed by atoms with Crippen LogP contribution in [0.25, 0.3) is 10.9 Å². The second kappa shape index (κ2) is 3.42. The van der Waals surface area contributed by atoms with Crippen LogP contribution < -0.4 is 11.5 Å². The lowest BCUT2D eigenvalue weighted by molar-refractivity contribution is 1.12. The fourth-order valence-electron chi connectivity index (χ4n) is 1.92. The average Bonchev–Trinajstić information content (AvgIpc) is 2.21. The molecule has 0 fully saturated rings. The first-order valence-electron chi connectivity index (χ1n) is 5.07. The molecule has 3 nitrogen and oxygen atoms in total. The molecule has 0 radical (unpaired) electrons. The first-order valence-corrected chi connectivity index (χ1v) is 5.07. The predicted octanol–water partition coefficient (Wildman–Crippen LogP) is 2.27. The molecule has 0 saturated carbocycles. The number of nitrogens with zero attached hydrogens (tertiary/aromatic N) is 1. The number of pyridine rings is 1. The van der Waals surface area contributed by atoms with E-state index in [-0.39, 0.29) is 0 Å². The summed E-state index contributed by atoms with van der Waals surface area (Å²) in [6.45, 7) is 4.12. The summed E-state index contributed by atoms with van der Waals surface area (Å²) >= 11 is 0. The zero-order valence-corrected chi connectivity index (χ0v) is 9.04. The molecule has 2 aromatic rings. The number of nitrogens with two attached hydrogens (primary N) is 2. The normalized spacial score (nSPS) is 10.8. The van der Waals surface area contributed by atoms with Crippen LogP contribution in [0.2, 0.25) is 0 Å². The molecule has 78 valence electrons. The summed E-state index contributed by atoms with van der Waals surface area (Å²) in [5.41, 5.74) is 15.6. The van der Waals surface area contributed by atoms with Crippen molar-refractivity contribution in [2.75, 3.05) is 11.5 Å². The standard InChI is InChI=1S/C12H15N3/c1-3-9-7(2)12(14)15-11-5-4-8(13)6-10(9)11/h4-6H,3,13H2,1-2H3,(H2,14,15). The van der Waals surface area contributed by atoms with E-state index in [4.69, 9.17) is 11.5 Å². The van der Waals surface area contributed by atoms with Crippen LogP contribution in [-0.2, 0) is 6.42 Å². The number of aromatic nitrogens is 1. The number of rotatable bonds is 1. The molecule has 3 heteroatoms. The van der Waals surface area contributed by atoms with Crippen LogP contribution >= 0.6 is 0 Å². The summed E-state index contributed by atoms with van der Waals surface area (Å²) in [7, 11) is 0. The third-order valence-corrected chi connectivity index (χ3v) is 2.78. The maximum Gasteiger partial charge on any atom is 0.127 e. The number of hydrogen-bond acceptors (Lipinski definition) is 3. The Balaban J connectivity index is 2.89. The van der Waals surface area contributed by atoms with Crippen LogP contribution in [0.3, 0.4) is 0 Å². The first kappa shape index (κ1) is 9.77. The third kappa shape index (κ3) is 1.50. The molecule has 0 aliphatic carbocycles. The lowest BCUT2D eigenvalue weighted by atomic mass is 10.0. The van der Waals surface area contributed by atoms with Gasteiger partial charge in [0.15, 0.2) is 0 Å². The van der Waals surface area contributed by atoms with E-state index in [1.807, 2.05) is 25.1 Å². The molecule has 1 heterocycles. The van der Waals surface area contributed by atoms with E-state index in [1.165, 1.54) is 5.56 Å². The minimum absolute atomic E-state index is 0.615. The summed E-state index contributed by atoms with van der Waals surface area (Å²) in [4.78, 5) is 4.35. The maximum absolute atomic E-state index is 5.86. The van der Waals surface area contributed by atoms with Crippen LogP contribution in [0, 0.1) is 6.92 Å². The summed E-state index contributed by atoms with van der Waals surface area (Å²) in [5.74, 6) is 0.615. The third-order valence-electron chi connectivity index (χ3n) is 2.78. The Bertz CT molecular complexity index is 518. The van der Waals surface area contributed by atoms with Gasteiger partial charge in [0.2, 0.25) is 0 Å². The summed E-state index contributed by atoms with van der Waals surface area (Å²) in [6, 6.07) is 5.73. The number of benzene rings is 1. The van der Waals surface area contributed by atoms with Gasteiger partial charge in [0.1, 0.15) is 5.82 Å². The fraction of sp³-hybridized carbons (Fsp3) is 0.250. The zero-order chi connectivity index (χ0) is 11.0. The van der Waals surface area contributed by atoms with E-state index >= 15 is 0 Å². The highest BCUT2D eigenvalue weighted by molar-refractivity contribution is 5.88. The van der Waals surface area contributed by atoms with Crippen molar-refractivity contribution >= 4 is 22.4 Å². The van der Waals surface area contributed by atoms with Gasteiger partial charge in [0.25, 0.3) is 0 Å². The molecule has 0 aliphatic rings. The van der Waals surface area contributed by atoms with Crippen molar-refractivity contribution in [2.45, 2.75) is 20.3 Å². The molecule has 0 saturated heterocycles. The van der Waals surface area contributed by atoms with Crippen LogP contribution in [0.15, 0.2) is 18.2 Å². The van der Waals surface area contributed by atoms with Gasteiger partial charge in [0.05, 0.1) is 5.52 Å². The van der Waals surface area contributed by atoms with Crippen molar-refractivity contribution in [1.82, 2.24) is 4.98 Å². The van der Waals surface area contributed by atoms with Crippen molar-refractivity contribution in [1.29, 1.82) is 0 Å². The monoisotopic (exact) mass is 201 g/mol. The highest BCUT2D eigenvalue weighted by Gasteiger charge is 2.08. The average molecular weight is 201 g/mol. The van der Waals surface area contributed by atoms with Gasteiger partial charge >= 0.3 is 0 Å². The van der Waals surface area contributed by atoms with Crippen LogP contribution in [0.1, 0.15) is 18.1 Å². The molecule has 0 spiro atoms.